The van der Waals surface area contributed by atoms with Crippen molar-refractivity contribution >= 4 is 16.7 Å². The number of likely N-dealkylation sites (tertiary alicyclic amines) is 1. The van der Waals surface area contributed by atoms with Crippen LogP contribution >= 0.6 is 0 Å². The number of piperidine rings is 1. The lowest BCUT2D eigenvalue weighted by molar-refractivity contribution is -0.123. The minimum atomic E-state index is -0.141. The predicted octanol–water partition coefficient (Wildman–Crippen LogP) is 1.80. The van der Waals surface area contributed by atoms with Gasteiger partial charge in [0.05, 0.1) is 6.04 Å². The smallest absolute Gasteiger partial charge is 0.220 e. The first-order valence-corrected chi connectivity index (χ1v) is 9.20. The molecule has 2 fully saturated rings. The summed E-state index contributed by atoms with van der Waals surface area (Å²) < 4.78 is 0. The van der Waals surface area contributed by atoms with Crippen molar-refractivity contribution in [3.63, 3.8) is 0 Å². The van der Waals surface area contributed by atoms with Crippen LogP contribution in [0.15, 0.2) is 42.5 Å². The number of nitrogens with zero attached hydrogens (tertiary/aromatic N) is 1. The first kappa shape index (κ1) is 16.5. The van der Waals surface area contributed by atoms with Gasteiger partial charge in [0, 0.05) is 24.9 Å². The van der Waals surface area contributed by atoms with Crippen LogP contribution in [0.4, 0.5) is 0 Å². The Morgan fingerprint density at radius 1 is 1.12 bits per heavy atom. The second kappa shape index (κ2) is 7.12. The van der Waals surface area contributed by atoms with Crippen molar-refractivity contribution in [1.29, 1.82) is 0 Å². The Morgan fingerprint density at radius 3 is 2.68 bits per heavy atom. The highest BCUT2D eigenvalue weighted by Gasteiger charge is 2.32. The SMILES string of the molecule is NC(=O)C1CCN(CC2CNNC2c2cccc3ccccc23)CC1. The molecule has 2 aromatic carbocycles. The number of hydrazine groups is 1. The van der Waals surface area contributed by atoms with Gasteiger partial charge in [-0.15, -0.1) is 0 Å². The standard InChI is InChI=1S/C20H26N4O/c21-20(25)15-8-10-24(11-9-15)13-16-12-22-23-19(16)18-7-3-5-14-4-1-2-6-17(14)18/h1-7,15-16,19,22-23H,8-13H2,(H2,21,25). The number of rotatable bonds is 4. The molecule has 2 aliphatic heterocycles. The van der Waals surface area contributed by atoms with E-state index in [1.54, 1.807) is 0 Å². The highest BCUT2D eigenvalue weighted by atomic mass is 16.1. The van der Waals surface area contributed by atoms with Crippen LogP contribution < -0.4 is 16.6 Å². The highest BCUT2D eigenvalue weighted by Crippen LogP contribution is 2.32. The Bertz CT molecular complexity index is 749. The maximum atomic E-state index is 11.4. The van der Waals surface area contributed by atoms with Crippen LogP contribution in [0.5, 0.6) is 0 Å². The molecule has 2 saturated heterocycles. The fourth-order valence-electron chi connectivity index (χ4n) is 4.29. The Hall–Kier alpha value is -1.95. The maximum Gasteiger partial charge on any atom is 0.220 e. The summed E-state index contributed by atoms with van der Waals surface area (Å²) in [6.07, 6.45) is 1.78. The van der Waals surface area contributed by atoms with Gasteiger partial charge in [-0.3, -0.25) is 10.2 Å². The average Bonchev–Trinajstić information content (AvgIpc) is 3.09. The third kappa shape index (κ3) is 3.40. The summed E-state index contributed by atoms with van der Waals surface area (Å²) in [7, 11) is 0. The lowest BCUT2D eigenvalue weighted by atomic mass is 9.89. The monoisotopic (exact) mass is 338 g/mol. The molecule has 5 nitrogen and oxygen atoms in total. The van der Waals surface area contributed by atoms with Crippen LogP contribution in [0, 0.1) is 11.8 Å². The van der Waals surface area contributed by atoms with Gasteiger partial charge in [0.15, 0.2) is 0 Å². The molecule has 132 valence electrons. The van der Waals surface area contributed by atoms with Crippen molar-refractivity contribution in [3.8, 4) is 0 Å². The molecular formula is C20H26N4O. The van der Waals surface area contributed by atoms with E-state index in [0.717, 1.165) is 39.0 Å². The summed E-state index contributed by atoms with van der Waals surface area (Å²) in [5.41, 5.74) is 13.6. The van der Waals surface area contributed by atoms with E-state index in [0.29, 0.717) is 12.0 Å². The molecule has 25 heavy (non-hydrogen) atoms. The lowest BCUT2D eigenvalue weighted by Crippen LogP contribution is -2.41. The van der Waals surface area contributed by atoms with E-state index in [4.69, 9.17) is 5.73 Å². The number of amides is 1. The van der Waals surface area contributed by atoms with Crippen LogP contribution in [0.2, 0.25) is 0 Å². The molecule has 5 heteroatoms. The number of primary amides is 1. The van der Waals surface area contributed by atoms with Gasteiger partial charge in [-0.05, 0) is 42.3 Å². The first-order valence-electron chi connectivity index (χ1n) is 9.20. The average molecular weight is 338 g/mol. The summed E-state index contributed by atoms with van der Waals surface area (Å²) >= 11 is 0. The number of nitrogens with one attached hydrogen (secondary N) is 2. The van der Waals surface area contributed by atoms with Crippen molar-refractivity contribution < 1.29 is 4.79 Å². The first-order chi connectivity index (χ1) is 12.2. The molecule has 2 unspecified atom stereocenters. The molecule has 0 saturated carbocycles. The molecule has 2 heterocycles. The van der Waals surface area contributed by atoms with Crippen LogP contribution in [0.25, 0.3) is 10.8 Å². The lowest BCUT2D eigenvalue weighted by Gasteiger charge is -2.33. The summed E-state index contributed by atoms with van der Waals surface area (Å²) in [5, 5.41) is 2.61. The van der Waals surface area contributed by atoms with Gasteiger partial charge in [-0.25, -0.2) is 5.43 Å². The summed E-state index contributed by atoms with van der Waals surface area (Å²) in [6, 6.07) is 15.4. The Morgan fingerprint density at radius 2 is 1.88 bits per heavy atom. The van der Waals surface area contributed by atoms with E-state index in [1.807, 2.05) is 0 Å². The van der Waals surface area contributed by atoms with Crippen molar-refractivity contribution in [2.75, 3.05) is 26.2 Å². The number of benzene rings is 2. The molecule has 2 atom stereocenters. The summed E-state index contributed by atoms with van der Waals surface area (Å²) in [4.78, 5) is 13.8. The minimum Gasteiger partial charge on any atom is -0.369 e. The number of nitrogens with two attached hydrogens (primary N) is 1. The molecule has 4 N–H and O–H groups in total. The van der Waals surface area contributed by atoms with Gasteiger partial charge in [0.1, 0.15) is 0 Å². The quantitative estimate of drug-likeness (QED) is 0.795. The van der Waals surface area contributed by atoms with E-state index in [-0.39, 0.29) is 11.8 Å². The minimum absolute atomic E-state index is 0.0601. The molecule has 0 bridgehead atoms. The largest absolute Gasteiger partial charge is 0.369 e. The molecule has 0 radical (unpaired) electrons. The van der Waals surface area contributed by atoms with Gasteiger partial charge < -0.3 is 10.6 Å². The molecule has 0 aliphatic carbocycles. The number of hydrogen-bond acceptors (Lipinski definition) is 4. The van der Waals surface area contributed by atoms with E-state index in [1.165, 1.54) is 16.3 Å². The predicted molar refractivity (Wildman–Crippen MR) is 99.7 cm³/mol. The zero-order valence-electron chi connectivity index (χ0n) is 14.4. The molecule has 1 amide bonds. The third-order valence-corrected chi connectivity index (χ3v) is 5.73. The zero-order chi connectivity index (χ0) is 17.2. The molecule has 2 aromatic rings. The number of carbonyl (C=O) groups is 1. The van der Waals surface area contributed by atoms with Crippen molar-refractivity contribution in [1.82, 2.24) is 15.8 Å². The maximum absolute atomic E-state index is 11.4. The fourth-order valence-corrected chi connectivity index (χ4v) is 4.29. The van der Waals surface area contributed by atoms with Gasteiger partial charge in [0.25, 0.3) is 0 Å². The summed E-state index contributed by atoms with van der Waals surface area (Å²) in [6.45, 7) is 3.93. The second-order valence-electron chi connectivity index (χ2n) is 7.31. The van der Waals surface area contributed by atoms with Crippen LogP contribution in [0.1, 0.15) is 24.4 Å². The third-order valence-electron chi connectivity index (χ3n) is 5.73. The van der Waals surface area contributed by atoms with Gasteiger partial charge in [-0.1, -0.05) is 42.5 Å². The number of carbonyl (C=O) groups excluding carboxylic acids is 1. The van der Waals surface area contributed by atoms with E-state index in [9.17, 15) is 4.79 Å². The highest BCUT2D eigenvalue weighted by molar-refractivity contribution is 5.86. The van der Waals surface area contributed by atoms with Crippen LogP contribution in [0.3, 0.4) is 0 Å². The topological polar surface area (TPSA) is 70.4 Å². The zero-order valence-corrected chi connectivity index (χ0v) is 14.4. The second-order valence-corrected chi connectivity index (χ2v) is 7.31. The van der Waals surface area contributed by atoms with Crippen molar-refractivity contribution in [2.24, 2.45) is 17.6 Å². The van der Waals surface area contributed by atoms with E-state index in [2.05, 4.69) is 58.2 Å². The van der Waals surface area contributed by atoms with Crippen LogP contribution in [-0.2, 0) is 4.79 Å². The fraction of sp³-hybridized carbons (Fsp3) is 0.450. The summed E-state index contributed by atoms with van der Waals surface area (Å²) in [5.74, 6) is 0.429. The van der Waals surface area contributed by atoms with Gasteiger partial charge in [0.2, 0.25) is 5.91 Å². The number of hydrogen-bond donors (Lipinski definition) is 3. The Labute approximate surface area is 148 Å². The van der Waals surface area contributed by atoms with E-state index < -0.39 is 0 Å². The Kier molecular flexibility index (Phi) is 4.70. The molecular weight excluding hydrogens is 312 g/mol. The molecule has 0 spiro atoms. The normalized spacial score (nSPS) is 25.4. The number of fused-ring (bicyclic) bond motifs is 1. The molecule has 2 aliphatic rings. The van der Waals surface area contributed by atoms with E-state index >= 15 is 0 Å². The van der Waals surface area contributed by atoms with Gasteiger partial charge in [-0.2, -0.15) is 0 Å². The van der Waals surface area contributed by atoms with Crippen LogP contribution in [-0.4, -0.2) is 37.0 Å². The molecule has 0 aromatic heterocycles. The van der Waals surface area contributed by atoms with Crippen molar-refractivity contribution in [3.05, 3.63) is 48.0 Å². The molecule has 4 rings (SSSR count). The van der Waals surface area contributed by atoms with Crippen molar-refractivity contribution in [2.45, 2.75) is 18.9 Å². The Balaban J connectivity index is 1.48. The van der Waals surface area contributed by atoms with Gasteiger partial charge >= 0.3 is 0 Å².